The molecule has 1 aliphatic heterocycles. The van der Waals surface area contributed by atoms with Crippen LogP contribution < -0.4 is 4.52 Å². The maximum atomic E-state index is 14.0. The molecule has 358 valence electrons. The van der Waals surface area contributed by atoms with Crippen LogP contribution in [0.1, 0.15) is 238 Å². The summed E-state index contributed by atoms with van der Waals surface area (Å²) >= 11 is 1.84. The Hall–Kier alpha value is -2.37. The average Bonchev–Trinajstić information content (AvgIpc) is 3.15. The first-order valence-corrected chi connectivity index (χ1v) is 27.1. The monoisotopic (exact) mass is 917 g/mol. The van der Waals surface area contributed by atoms with Gasteiger partial charge in [0.05, 0.1) is 6.61 Å². The average molecular weight is 917 g/mol. The van der Waals surface area contributed by atoms with Crippen molar-refractivity contribution in [3.8, 4) is 28.0 Å². The number of unbranched alkanes of at least 4 members (excludes halogenated alkanes) is 15. The third-order valence-electron chi connectivity index (χ3n) is 12.9. The zero-order valence-corrected chi connectivity index (χ0v) is 44.9. The minimum absolute atomic E-state index is 0.172. The van der Waals surface area contributed by atoms with Crippen molar-refractivity contribution >= 4 is 26.3 Å². The van der Waals surface area contributed by atoms with E-state index in [-0.39, 0.29) is 23.2 Å². The molecule has 7 heteroatoms. The summed E-state index contributed by atoms with van der Waals surface area (Å²) in [6, 6.07) is 9.28. The first kappa shape index (κ1) is 54.2. The van der Waals surface area contributed by atoms with Crippen molar-refractivity contribution in [3.63, 3.8) is 0 Å². The normalized spacial score (nSPS) is 13.2. The first-order valence-electron chi connectivity index (χ1n) is 25.1. The topological polar surface area (TPSA) is 76.0 Å². The SMILES string of the molecule is CCCCCCCCCCCCCCCCCCOC(=O)CCc1c2c(C(C)(C)C)c(OP(O)O)c(C(C)(C)C)c1-c1c(cc(C)cc1C(C)(C)C)Sc1cc(C)cc(C(C)(C)C)c1-2. The van der Waals surface area contributed by atoms with E-state index < -0.39 is 19.4 Å². The van der Waals surface area contributed by atoms with Gasteiger partial charge in [-0.25, -0.2) is 0 Å². The highest BCUT2D eigenvalue weighted by atomic mass is 32.2. The fourth-order valence-corrected chi connectivity index (χ4v) is 11.5. The van der Waals surface area contributed by atoms with E-state index >= 15 is 0 Å². The maximum Gasteiger partial charge on any atom is 0.391 e. The van der Waals surface area contributed by atoms with Crippen LogP contribution in [0.15, 0.2) is 34.1 Å². The summed E-state index contributed by atoms with van der Waals surface area (Å²) in [6.07, 6.45) is 21.6. The number of fused-ring (bicyclic) bond motifs is 6. The number of esters is 1. The van der Waals surface area contributed by atoms with Crippen LogP contribution >= 0.6 is 20.4 Å². The Kier molecular flexibility index (Phi) is 20.0. The summed E-state index contributed by atoms with van der Waals surface area (Å²) in [5.74, 6) is 0.370. The molecule has 5 nitrogen and oxygen atoms in total. The molecule has 1 aliphatic rings. The zero-order valence-electron chi connectivity index (χ0n) is 43.2. The van der Waals surface area contributed by atoms with Crippen LogP contribution in [0.2, 0.25) is 0 Å². The summed E-state index contributed by atoms with van der Waals surface area (Å²) in [5.41, 5.74) is 10.7. The molecule has 0 aromatic heterocycles. The van der Waals surface area contributed by atoms with E-state index in [1.165, 1.54) is 112 Å². The number of benzene rings is 3. The van der Waals surface area contributed by atoms with Gasteiger partial charge < -0.3 is 19.0 Å². The lowest BCUT2D eigenvalue weighted by atomic mass is 9.67. The van der Waals surface area contributed by atoms with Gasteiger partial charge in [-0.05, 0) is 99.4 Å². The second-order valence-corrected chi connectivity index (χ2v) is 24.9. The Morgan fingerprint density at radius 1 is 0.547 bits per heavy atom. The second-order valence-electron chi connectivity index (χ2n) is 23.1. The molecule has 0 atom stereocenters. The molecule has 64 heavy (non-hydrogen) atoms. The Bertz CT molecular complexity index is 1890. The van der Waals surface area contributed by atoms with Gasteiger partial charge in [0.1, 0.15) is 5.75 Å². The third kappa shape index (κ3) is 14.8. The van der Waals surface area contributed by atoms with Crippen molar-refractivity contribution in [1.29, 1.82) is 0 Å². The van der Waals surface area contributed by atoms with E-state index in [1.807, 2.05) is 11.8 Å². The van der Waals surface area contributed by atoms with Crippen molar-refractivity contribution in [2.45, 2.75) is 251 Å². The van der Waals surface area contributed by atoms with Crippen molar-refractivity contribution < 1.29 is 23.8 Å². The molecule has 4 rings (SSSR count). The van der Waals surface area contributed by atoms with Crippen molar-refractivity contribution in [3.05, 3.63) is 63.2 Å². The number of rotatable bonds is 22. The van der Waals surface area contributed by atoms with E-state index in [0.717, 1.165) is 61.6 Å². The summed E-state index contributed by atoms with van der Waals surface area (Å²) in [5, 5.41) is 0. The number of aryl methyl sites for hydroxylation is 2. The highest BCUT2D eigenvalue weighted by Gasteiger charge is 2.42. The number of ether oxygens (including phenoxy) is 1. The summed E-state index contributed by atoms with van der Waals surface area (Å²) in [6.45, 7) is 33.9. The van der Waals surface area contributed by atoms with E-state index in [1.54, 1.807) is 0 Å². The lowest BCUT2D eigenvalue weighted by Crippen LogP contribution is -2.26. The highest BCUT2D eigenvalue weighted by molar-refractivity contribution is 7.99. The molecule has 1 heterocycles. The van der Waals surface area contributed by atoms with Gasteiger partial charge in [-0.1, -0.05) is 210 Å². The molecule has 3 aromatic carbocycles. The van der Waals surface area contributed by atoms with Crippen molar-refractivity contribution in [2.75, 3.05) is 6.61 Å². The first-order chi connectivity index (χ1) is 29.9. The van der Waals surface area contributed by atoms with Gasteiger partial charge in [0.15, 0.2) is 0 Å². The smallest absolute Gasteiger partial charge is 0.391 e. The molecule has 0 saturated heterocycles. The van der Waals surface area contributed by atoms with Crippen LogP contribution in [0.25, 0.3) is 22.3 Å². The van der Waals surface area contributed by atoms with Gasteiger partial charge in [-0.2, -0.15) is 0 Å². The van der Waals surface area contributed by atoms with Crippen molar-refractivity contribution in [2.24, 2.45) is 0 Å². The molecular weight excluding hydrogens is 828 g/mol. The number of carbonyl (C=O) groups is 1. The lowest BCUT2D eigenvalue weighted by Gasteiger charge is -2.40. The minimum Gasteiger partial charge on any atom is -0.466 e. The van der Waals surface area contributed by atoms with Crippen LogP contribution in [0.3, 0.4) is 0 Å². The van der Waals surface area contributed by atoms with Crippen LogP contribution in [0.4, 0.5) is 0 Å². The van der Waals surface area contributed by atoms with Crippen LogP contribution in [-0.2, 0) is 37.6 Å². The largest absolute Gasteiger partial charge is 0.466 e. The Balaban J connectivity index is 1.71. The zero-order chi connectivity index (χ0) is 47.6. The Labute approximate surface area is 397 Å². The van der Waals surface area contributed by atoms with Gasteiger partial charge in [0.25, 0.3) is 0 Å². The van der Waals surface area contributed by atoms with Gasteiger partial charge in [-0.15, -0.1) is 0 Å². The molecule has 0 radical (unpaired) electrons. The minimum atomic E-state index is -2.76. The lowest BCUT2D eigenvalue weighted by molar-refractivity contribution is -0.143. The van der Waals surface area contributed by atoms with Gasteiger partial charge in [0.2, 0.25) is 0 Å². The number of hydrogen-bond acceptors (Lipinski definition) is 6. The molecule has 0 spiro atoms. The van der Waals surface area contributed by atoms with Crippen LogP contribution in [0.5, 0.6) is 5.75 Å². The number of hydrogen-bond donors (Lipinski definition) is 2. The summed E-state index contributed by atoms with van der Waals surface area (Å²) in [4.78, 5) is 37.9. The van der Waals surface area contributed by atoms with Gasteiger partial charge in [-0.3, -0.25) is 4.79 Å². The third-order valence-corrected chi connectivity index (χ3v) is 14.3. The fourth-order valence-electron chi connectivity index (χ4n) is 9.80. The maximum absolute atomic E-state index is 14.0. The van der Waals surface area contributed by atoms with E-state index in [9.17, 15) is 14.6 Å². The molecule has 0 fully saturated rings. The molecular formula is C57H89O5PS. The van der Waals surface area contributed by atoms with E-state index in [2.05, 4.69) is 128 Å². The van der Waals surface area contributed by atoms with Gasteiger partial charge in [0, 0.05) is 38.5 Å². The van der Waals surface area contributed by atoms with Gasteiger partial charge >= 0.3 is 14.6 Å². The van der Waals surface area contributed by atoms with E-state index in [0.29, 0.717) is 18.8 Å². The molecule has 0 saturated carbocycles. The standard InChI is InChI=1S/C57H89O5PS/c1-16-17-18-19-20-21-22-23-24-25-26-27-28-29-30-31-34-61-46(58)33-32-41-47-49-42(54(4,5)6)35-39(2)37-44(49)64-45-38-40(3)36-43(55(7,8)9)50(45)48(41)52(57(13,14)15)53(62-63(59)60)51(47)56(10,11)12/h35-38,59-60H,16-34H2,1-15H3. The summed E-state index contributed by atoms with van der Waals surface area (Å²) in [7, 11) is -2.76. The van der Waals surface area contributed by atoms with Crippen LogP contribution in [0, 0.1) is 13.8 Å². The fraction of sp³-hybridized carbons (Fsp3) is 0.667. The molecule has 0 aliphatic carbocycles. The molecule has 0 amide bonds. The molecule has 0 unspecified atom stereocenters. The molecule has 2 N–H and O–H groups in total. The second kappa shape index (κ2) is 23.6. The summed E-state index contributed by atoms with van der Waals surface area (Å²) < 4.78 is 12.4. The molecule has 3 aromatic rings. The Morgan fingerprint density at radius 3 is 1.27 bits per heavy atom. The number of carbonyl (C=O) groups excluding carboxylic acids is 1. The molecule has 2 bridgehead atoms. The highest BCUT2D eigenvalue weighted by Crippen LogP contribution is 2.61. The van der Waals surface area contributed by atoms with Crippen LogP contribution in [-0.4, -0.2) is 22.4 Å². The predicted molar refractivity (Wildman–Crippen MR) is 277 cm³/mol. The van der Waals surface area contributed by atoms with Crippen molar-refractivity contribution in [1.82, 2.24) is 0 Å². The Morgan fingerprint density at radius 2 is 0.922 bits per heavy atom. The quantitative estimate of drug-likeness (QED) is 0.0465. The predicted octanol–water partition coefficient (Wildman–Crippen LogP) is 17.6. The van der Waals surface area contributed by atoms with E-state index in [4.69, 9.17) is 9.26 Å².